The van der Waals surface area contributed by atoms with E-state index in [-0.39, 0.29) is 11.9 Å². The summed E-state index contributed by atoms with van der Waals surface area (Å²) >= 11 is 3.27. The van der Waals surface area contributed by atoms with Crippen LogP contribution in [-0.4, -0.2) is 66.5 Å². The molecule has 0 unspecified atom stereocenters. The monoisotopic (exact) mass is 355 g/mol. The molecule has 1 amide bonds. The van der Waals surface area contributed by atoms with E-state index in [1.54, 1.807) is 18.3 Å². The average molecular weight is 356 g/mol. The zero-order chi connectivity index (χ0) is 15.2. The normalized spacial score (nSPS) is 15.8. The van der Waals surface area contributed by atoms with Gasteiger partial charge >= 0.3 is 5.97 Å². The molecule has 0 spiro atoms. The number of carbonyl (C=O) groups is 2. The average Bonchev–Trinajstić information content (AvgIpc) is 2.52. The van der Waals surface area contributed by atoms with E-state index in [1.807, 2.05) is 4.90 Å². The molecule has 0 radical (unpaired) electrons. The highest BCUT2D eigenvalue weighted by atomic mass is 79.9. The van der Waals surface area contributed by atoms with Crippen LogP contribution in [0.25, 0.3) is 0 Å². The minimum Gasteiger partial charge on any atom is -0.469 e. The van der Waals surface area contributed by atoms with Gasteiger partial charge in [0.05, 0.1) is 13.5 Å². The molecule has 114 valence electrons. The lowest BCUT2D eigenvalue weighted by Crippen LogP contribution is -2.49. The van der Waals surface area contributed by atoms with Crippen molar-refractivity contribution in [3.8, 4) is 0 Å². The molecule has 1 fully saturated rings. The third-order valence-electron chi connectivity index (χ3n) is 3.49. The smallest absolute Gasteiger partial charge is 0.306 e. The molecule has 0 saturated carbocycles. The van der Waals surface area contributed by atoms with Crippen molar-refractivity contribution in [1.82, 2.24) is 14.8 Å². The Balaban J connectivity index is 1.83. The second-order valence-corrected chi connectivity index (χ2v) is 5.64. The number of methoxy groups -OCH3 is 1. The van der Waals surface area contributed by atoms with Crippen molar-refractivity contribution in [2.45, 2.75) is 6.42 Å². The number of amides is 1. The van der Waals surface area contributed by atoms with Crippen molar-refractivity contribution >= 4 is 27.8 Å². The van der Waals surface area contributed by atoms with Crippen LogP contribution in [0.1, 0.15) is 16.8 Å². The Morgan fingerprint density at radius 3 is 2.67 bits per heavy atom. The number of hydrogen-bond donors (Lipinski definition) is 0. The van der Waals surface area contributed by atoms with Gasteiger partial charge < -0.3 is 9.64 Å². The molecule has 21 heavy (non-hydrogen) atoms. The molecule has 0 N–H and O–H groups in total. The summed E-state index contributed by atoms with van der Waals surface area (Å²) in [6, 6.07) is 3.45. The Morgan fingerprint density at radius 1 is 1.33 bits per heavy atom. The third-order valence-corrected chi connectivity index (χ3v) is 3.93. The molecule has 0 aliphatic carbocycles. The number of pyridine rings is 1. The molecule has 1 saturated heterocycles. The summed E-state index contributed by atoms with van der Waals surface area (Å²) in [5.41, 5.74) is 0.639. The molecule has 0 atom stereocenters. The molecule has 0 aromatic carbocycles. The standard InChI is InChI=1S/C14H18BrN3O3/c1-21-13(19)3-5-17-6-8-18(9-7-17)14(20)11-2-4-16-12(15)10-11/h2,4,10H,3,5-9H2,1H3. The predicted octanol–water partition coefficient (Wildman–Crippen LogP) is 1.16. The molecule has 1 aromatic heterocycles. The molecule has 6 nitrogen and oxygen atoms in total. The highest BCUT2D eigenvalue weighted by Crippen LogP contribution is 2.12. The number of hydrogen-bond acceptors (Lipinski definition) is 5. The zero-order valence-corrected chi connectivity index (χ0v) is 13.5. The molecule has 2 heterocycles. The van der Waals surface area contributed by atoms with Gasteiger partial charge in [0.25, 0.3) is 5.91 Å². The first-order valence-corrected chi connectivity index (χ1v) is 7.59. The first-order chi connectivity index (χ1) is 10.1. The third kappa shape index (κ3) is 4.50. The van der Waals surface area contributed by atoms with Crippen LogP contribution in [-0.2, 0) is 9.53 Å². The Kier molecular flexibility index (Phi) is 5.69. The minimum absolute atomic E-state index is 0.0192. The predicted molar refractivity (Wildman–Crippen MR) is 80.9 cm³/mol. The van der Waals surface area contributed by atoms with Gasteiger partial charge in [0.2, 0.25) is 0 Å². The van der Waals surface area contributed by atoms with Gasteiger partial charge in [-0.25, -0.2) is 4.98 Å². The number of rotatable bonds is 4. The van der Waals surface area contributed by atoms with E-state index < -0.39 is 0 Å². The maximum atomic E-state index is 12.4. The topological polar surface area (TPSA) is 62.7 Å². The van der Waals surface area contributed by atoms with Gasteiger partial charge in [0.1, 0.15) is 4.60 Å². The highest BCUT2D eigenvalue weighted by Gasteiger charge is 2.22. The van der Waals surface area contributed by atoms with Crippen molar-refractivity contribution in [3.63, 3.8) is 0 Å². The quantitative estimate of drug-likeness (QED) is 0.599. The van der Waals surface area contributed by atoms with Crippen LogP contribution < -0.4 is 0 Å². The number of halogens is 1. The molecular weight excluding hydrogens is 338 g/mol. The van der Waals surface area contributed by atoms with Gasteiger partial charge in [0, 0.05) is 44.5 Å². The summed E-state index contributed by atoms with van der Waals surface area (Å²) in [4.78, 5) is 31.5. The van der Waals surface area contributed by atoms with Crippen molar-refractivity contribution in [3.05, 3.63) is 28.5 Å². The zero-order valence-electron chi connectivity index (χ0n) is 11.9. The number of ether oxygens (including phenoxy) is 1. The first kappa shape index (κ1) is 15.9. The van der Waals surface area contributed by atoms with E-state index in [1.165, 1.54) is 7.11 Å². The molecular formula is C14H18BrN3O3. The van der Waals surface area contributed by atoms with E-state index in [9.17, 15) is 9.59 Å². The van der Waals surface area contributed by atoms with Crippen molar-refractivity contribution in [2.24, 2.45) is 0 Å². The van der Waals surface area contributed by atoms with Gasteiger partial charge in [-0.3, -0.25) is 14.5 Å². The van der Waals surface area contributed by atoms with Crippen LogP contribution in [0.15, 0.2) is 22.9 Å². The fraction of sp³-hybridized carbons (Fsp3) is 0.500. The van der Waals surface area contributed by atoms with Crippen LogP contribution in [0.4, 0.5) is 0 Å². The number of piperazine rings is 1. The largest absolute Gasteiger partial charge is 0.469 e. The molecule has 1 aliphatic rings. The van der Waals surface area contributed by atoms with E-state index in [4.69, 9.17) is 0 Å². The minimum atomic E-state index is -0.199. The Morgan fingerprint density at radius 2 is 2.05 bits per heavy atom. The SMILES string of the molecule is COC(=O)CCN1CCN(C(=O)c2ccnc(Br)c2)CC1. The molecule has 1 aromatic rings. The summed E-state index contributed by atoms with van der Waals surface area (Å²) in [6.45, 7) is 3.55. The second-order valence-electron chi connectivity index (χ2n) is 4.83. The fourth-order valence-electron chi connectivity index (χ4n) is 2.24. The number of aromatic nitrogens is 1. The van der Waals surface area contributed by atoms with E-state index in [0.717, 1.165) is 13.1 Å². The highest BCUT2D eigenvalue weighted by molar-refractivity contribution is 9.10. The van der Waals surface area contributed by atoms with Crippen LogP contribution >= 0.6 is 15.9 Å². The van der Waals surface area contributed by atoms with Crippen molar-refractivity contribution in [2.75, 3.05) is 39.8 Å². The summed E-state index contributed by atoms with van der Waals surface area (Å²) in [5.74, 6) is -0.180. The molecule has 0 bridgehead atoms. The fourth-order valence-corrected chi connectivity index (χ4v) is 2.61. The maximum Gasteiger partial charge on any atom is 0.306 e. The van der Waals surface area contributed by atoms with Crippen LogP contribution in [0.2, 0.25) is 0 Å². The Bertz CT molecular complexity index is 516. The first-order valence-electron chi connectivity index (χ1n) is 6.80. The van der Waals surface area contributed by atoms with Gasteiger partial charge in [-0.1, -0.05) is 0 Å². The van der Waals surface area contributed by atoms with Crippen molar-refractivity contribution < 1.29 is 14.3 Å². The molecule has 2 rings (SSSR count). The number of nitrogens with zero attached hydrogens (tertiary/aromatic N) is 3. The van der Waals surface area contributed by atoms with Gasteiger partial charge in [-0.2, -0.15) is 0 Å². The Labute approximate surface area is 132 Å². The summed E-state index contributed by atoms with van der Waals surface area (Å²) < 4.78 is 5.29. The van der Waals surface area contributed by atoms with Gasteiger partial charge in [0.15, 0.2) is 0 Å². The van der Waals surface area contributed by atoms with E-state index >= 15 is 0 Å². The van der Waals surface area contributed by atoms with Crippen molar-refractivity contribution in [1.29, 1.82) is 0 Å². The van der Waals surface area contributed by atoms with E-state index in [0.29, 0.717) is 36.2 Å². The lowest BCUT2D eigenvalue weighted by Gasteiger charge is -2.34. The second kappa shape index (κ2) is 7.51. The summed E-state index contributed by atoms with van der Waals surface area (Å²) in [6.07, 6.45) is 2.01. The van der Waals surface area contributed by atoms with Crippen LogP contribution in [0.5, 0.6) is 0 Å². The van der Waals surface area contributed by atoms with Crippen LogP contribution in [0, 0.1) is 0 Å². The van der Waals surface area contributed by atoms with E-state index in [2.05, 4.69) is 30.6 Å². The molecule has 1 aliphatic heterocycles. The summed E-state index contributed by atoms with van der Waals surface area (Å²) in [5, 5.41) is 0. The maximum absolute atomic E-state index is 12.4. The van der Waals surface area contributed by atoms with Crippen LogP contribution in [0.3, 0.4) is 0 Å². The lowest BCUT2D eigenvalue weighted by atomic mass is 10.2. The molecule has 7 heteroatoms. The number of esters is 1. The lowest BCUT2D eigenvalue weighted by molar-refractivity contribution is -0.141. The van der Waals surface area contributed by atoms with Gasteiger partial charge in [-0.15, -0.1) is 0 Å². The Hall–Kier alpha value is -1.47. The van der Waals surface area contributed by atoms with Gasteiger partial charge in [-0.05, 0) is 28.1 Å². The number of carbonyl (C=O) groups excluding carboxylic acids is 2. The summed E-state index contributed by atoms with van der Waals surface area (Å²) in [7, 11) is 1.39.